The number of nitrogens with one attached hydrogen (secondary N) is 3. The molecule has 29 heavy (non-hydrogen) atoms. The molecule has 0 unspecified atom stereocenters. The van der Waals surface area contributed by atoms with Crippen molar-refractivity contribution >= 4 is 11.9 Å². The Morgan fingerprint density at radius 3 is 2.59 bits per heavy atom. The van der Waals surface area contributed by atoms with Gasteiger partial charge in [0.2, 0.25) is 0 Å². The Bertz CT molecular complexity index is 814. The van der Waals surface area contributed by atoms with Crippen molar-refractivity contribution in [2.75, 3.05) is 26.2 Å². The van der Waals surface area contributed by atoms with E-state index in [-0.39, 0.29) is 5.91 Å². The van der Waals surface area contributed by atoms with Gasteiger partial charge in [-0.25, -0.2) is 4.99 Å². The average Bonchev–Trinajstić information content (AvgIpc) is 3.13. The molecule has 0 aliphatic carbocycles. The number of aliphatic imine (C=N–C) groups is 1. The van der Waals surface area contributed by atoms with Gasteiger partial charge in [-0.3, -0.25) is 4.79 Å². The van der Waals surface area contributed by atoms with Crippen LogP contribution in [-0.2, 0) is 6.54 Å². The summed E-state index contributed by atoms with van der Waals surface area (Å²) < 4.78 is 10.9. The maximum atomic E-state index is 12.0. The zero-order valence-electron chi connectivity index (χ0n) is 17.8. The molecule has 3 N–H and O–H groups in total. The number of rotatable bonds is 10. The van der Waals surface area contributed by atoms with Gasteiger partial charge in [-0.05, 0) is 51.8 Å². The quantitative estimate of drug-likeness (QED) is 0.324. The van der Waals surface area contributed by atoms with E-state index in [2.05, 4.69) is 33.1 Å². The minimum atomic E-state index is -0.184. The fourth-order valence-corrected chi connectivity index (χ4v) is 2.77. The first-order valence-corrected chi connectivity index (χ1v) is 10.1. The molecule has 1 amide bonds. The molecule has 0 aliphatic rings. The lowest BCUT2D eigenvalue weighted by atomic mass is 10.1. The summed E-state index contributed by atoms with van der Waals surface area (Å²) >= 11 is 0. The Balaban J connectivity index is 1.82. The van der Waals surface area contributed by atoms with E-state index < -0.39 is 0 Å². The first kappa shape index (κ1) is 22.3. The first-order chi connectivity index (χ1) is 14.0. The molecule has 7 nitrogen and oxygen atoms in total. The summed E-state index contributed by atoms with van der Waals surface area (Å²) in [6.45, 7) is 11.1. The number of carbonyl (C=O) groups excluding carboxylic acids is 1. The number of carbonyl (C=O) groups is 1. The normalized spacial score (nSPS) is 11.2. The van der Waals surface area contributed by atoms with Gasteiger partial charge in [0.15, 0.2) is 11.7 Å². The number of benzene rings is 1. The highest BCUT2D eigenvalue weighted by Gasteiger charge is 2.11. The standard InChI is InChI=1S/C22H32N4O3/c1-5-23-22(26-15-18-9-8-16(3)14-19(18)28-6-2)25-12-7-11-24-21(27)20-17(4)10-13-29-20/h8-10,13-14H,5-7,11-12,15H2,1-4H3,(H,24,27)(H2,23,25,26). The molecule has 0 atom stereocenters. The van der Waals surface area contributed by atoms with Gasteiger partial charge in [0, 0.05) is 30.8 Å². The Hall–Kier alpha value is -2.96. The highest BCUT2D eigenvalue weighted by molar-refractivity contribution is 5.92. The van der Waals surface area contributed by atoms with Crippen LogP contribution in [0.2, 0.25) is 0 Å². The number of aryl methyl sites for hydroxylation is 2. The fourth-order valence-electron chi connectivity index (χ4n) is 2.77. The Kier molecular flexibility index (Phi) is 9.08. The summed E-state index contributed by atoms with van der Waals surface area (Å²) in [6.07, 6.45) is 2.29. The number of nitrogens with zero attached hydrogens (tertiary/aromatic N) is 1. The number of hydrogen-bond donors (Lipinski definition) is 3. The molecule has 0 fully saturated rings. The van der Waals surface area contributed by atoms with Crippen LogP contribution >= 0.6 is 0 Å². The predicted molar refractivity (Wildman–Crippen MR) is 116 cm³/mol. The largest absolute Gasteiger partial charge is 0.494 e. The Morgan fingerprint density at radius 2 is 1.90 bits per heavy atom. The monoisotopic (exact) mass is 400 g/mol. The van der Waals surface area contributed by atoms with Crippen molar-refractivity contribution in [1.29, 1.82) is 0 Å². The molecule has 2 aromatic rings. The van der Waals surface area contributed by atoms with Crippen molar-refractivity contribution in [1.82, 2.24) is 16.0 Å². The van der Waals surface area contributed by atoms with Crippen LogP contribution in [0.3, 0.4) is 0 Å². The minimum Gasteiger partial charge on any atom is -0.494 e. The lowest BCUT2D eigenvalue weighted by Gasteiger charge is -2.13. The van der Waals surface area contributed by atoms with Gasteiger partial charge in [-0.15, -0.1) is 0 Å². The first-order valence-electron chi connectivity index (χ1n) is 10.1. The highest BCUT2D eigenvalue weighted by atomic mass is 16.5. The second-order valence-corrected chi connectivity index (χ2v) is 6.71. The van der Waals surface area contributed by atoms with E-state index in [1.54, 1.807) is 6.07 Å². The van der Waals surface area contributed by atoms with Crippen LogP contribution in [0.15, 0.2) is 39.9 Å². The minimum absolute atomic E-state index is 0.184. The number of guanidine groups is 1. The molecule has 0 radical (unpaired) electrons. The van der Waals surface area contributed by atoms with Gasteiger partial charge in [0.25, 0.3) is 5.91 Å². The van der Waals surface area contributed by atoms with E-state index in [1.807, 2.05) is 33.8 Å². The number of amides is 1. The molecule has 7 heteroatoms. The molecule has 1 heterocycles. The van der Waals surface area contributed by atoms with Gasteiger partial charge in [0.05, 0.1) is 19.4 Å². The van der Waals surface area contributed by atoms with Gasteiger partial charge in [0.1, 0.15) is 5.75 Å². The third-order valence-corrected chi connectivity index (χ3v) is 4.27. The number of ether oxygens (including phenoxy) is 1. The van der Waals surface area contributed by atoms with E-state index in [1.165, 1.54) is 6.26 Å². The molecule has 0 bridgehead atoms. The average molecular weight is 401 g/mol. The van der Waals surface area contributed by atoms with E-state index in [9.17, 15) is 4.79 Å². The molecule has 1 aromatic heterocycles. The summed E-state index contributed by atoms with van der Waals surface area (Å²) in [6, 6.07) is 7.94. The summed E-state index contributed by atoms with van der Waals surface area (Å²) in [5.41, 5.74) is 3.05. The summed E-state index contributed by atoms with van der Waals surface area (Å²) in [5.74, 6) is 1.80. The lowest BCUT2D eigenvalue weighted by molar-refractivity contribution is 0.0925. The third kappa shape index (κ3) is 7.18. The van der Waals surface area contributed by atoms with Gasteiger partial charge in [-0.2, -0.15) is 0 Å². The molecule has 0 spiro atoms. The molecular formula is C22H32N4O3. The van der Waals surface area contributed by atoms with Crippen LogP contribution in [-0.4, -0.2) is 38.1 Å². The number of furan rings is 1. The Morgan fingerprint density at radius 1 is 1.10 bits per heavy atom. The van der Waals surface area contributed by atoms with E-state index >= 15 is 0 Å². The second-order valence-electron chi connectivity index (χ2n) is 6.71. The fraction of sp³-hybridized carbons (Fsp3) is 0.455. The summed E-state index contributed by atoms with van der Waals surface area (Å²) in [7, 11) is 0. The molecule has 0 saturated heterocycles. The van der Waals surface area contributed by atoms with Gasteiger partial charge >= 0.3 is 0 Å². The molecule has 158 valence electrons. The third-order valence-electron chi connectivity index (χ3n) is 4.27. The van der Waals surface area contributed by atoms with Crippen LogP contribution in [0, 0.1) is 13.8 Å². The maximum Gasteiger partial charge on any atom is 0.287 e. The topological polar surface area (TPSA) is 87.9 Å². The van der Waals surface area contributed by atoms with E-state index in [0.717, 1.165) is 41.4 Å². The SMILES string of the molecule is CCNC(=NCc1ccc(C)cc1OCC)NCCCNC(=O)c1occc1C. The highest BCUT2D eigenvalue weighted by Crippen LogP contribution is 2.21. The predicted octanol–water partition coefficient (Wildman–Crippen LogP) is 3.17. The molecule has 1 aromatic carbocycles. The molecule has 0 aliphatic heterocycles. The van der Waals surface area contributed by atoms with Crippen LogP contribution < -0.4 is 20.7 Å². The van der Waals surface area contributed by atoms with Crippen LogP contribution in [0.1, 0.15) is 47.5 Å². The number of hydrogen-bond acceptors (Lipinski definition) is 4. The van der Waals surface area contributed by atoms with Crippen LogP contribution in [0.4, 0.5) is 0 Å². The zero-order chi connectivity index (χ0) is 21.1. The van der Waals surface area contributed by atoms with Gasteiger partial charge < -0.3 is 25.1 Å². The molecule has 0 saturated carbocycles. The lowest BCUT2D eigenvalue weighted by Crippen LogP contribution is -2.38. The second kappa shape index (κ2) is 11.8. The molecular weight excluding hydrogens is 368 g/mol. The van der Waals surface area contributed by atoms with Crippen LogP contribution in [0.5, 0.6) is 5.75 Å². The van der Waals surface area contributed by atoms with E-state index in [4.69, 9.17) is 9.15 Å². The van der Waals surface area contributed by atoms with Crippen molar-refractivity contribution < 1.29 is 13.9 Å². The van der Waals surface area contributed by atoms with Crippen molar-refractivity contribution in [2.24, 2.45) is 4.99 Å². The smallest absolute Gasteiger partial charge is 0.287 e. The van der Waals surface area contributed by atoms with Crippen LogP contribution in [0.25, 0.3) is 0 Å². The zero-order valence-corrected chi connectivity index (χ0v) is 17.8. The van der Waals surface area contributed by atoms with Crippen molar-refractivity contribution in [3.63, 3.8) is 0 Å². The van der Waals surface area contributed by atoms with Crippen molar-refractivity contribution in [3.05, 3.63) is 53.0 Å². The summed E-state index contributed by atoms with van der Waals surface area (Å²) in [5, 5.41) is 9.40. The van der Waals surface area contributed by atoms with Crippen molar-refractivity contribution in [2.45, 2.75) is 40.7 Å². The maximum absolute atomic E-state index is 12.0. The van der Waals surface area contributed by atoms with Crippen molar-refractivity contribution in [3.8, 4) is 5.75 Å². The van der Waals surface area contributed by atoms with Gasteiger partial charge in [-0.1, -0.05) is 12.1 Å². The Labute approximate surface area is 172 Å². The summed E-state index contributed by atoms with van der Waals surface area (Å²) in [4.78, 5) is 16.7. The van der Waals surface area contributed by atoms with E-state index in [0.29, 0.717) is 32.0 Å². The molecule has 2 rings (SSSR count).